The Balaban J connectivity index is 1.97. The highest BCUT2D eigenvalue weighted by atomic mass is 16.4. The second-order valence-corrected chi connectivity index (χ2v) is 8.49. The van der Waals surface area contributed by atoms with E-state index in [0.29, 0.717) is 6.42 Å². The second-order valence-electron chi connectivity index (χ2n) is 8.49. The van der Waals surface area contributed by atoms with Gasteiger partial charge in [0.1, 0.15) is 0 Å². The van der Waals surface area contributed by atoms with Gasteiger partial charge in [0.15, 0.2) is 0 Å². The highest BCUT2D eigenvalue weighted by Crippen LogP contribution is 2.29. The molecule has 0 radical (unpaired) electrons. The maximum atomic E-state index is 11.3. The van der Waals surface area contributed by atoms with Gasteiger partial charge >= 0.3 is 5.97 Å². The second kappa shape index (κ2) is 6.24. The van der Waals surface area contributed by atoms with E-state index in [0.717, 1.165) is 28.0 Å². The molecule has 0 spiro atoms. The molecule has 5 heteroatoms. The molecule has 0 unspecified atom stereocenters. The van der Waals surface area contributed by atoms with Gasteiger partial charge in [-0.25, -0.2) is 0 Å². The van der Waals surface area contributed by atoms with Crippen LogP contribution in [-0.2, 0) is 16.6 Å². The summed E-state index contributed by atoms with van der Waals surface area (Å²) in [6.45, 7) is 9.96. The number of nitrogens with zero attached hydrogens (tertiary/aromatic N) is 2. The van der Waals surface area contributed by atoms with Gasteiger partial charge in [-0.1, -0.05) is 20.8 Å². The first kappa shape index (κ1) is 18.1. The van der Waals surface area contributed by atoms with E-state index in [1.54, 1.807) is 20.0 Å². The number of rotatable bonds is 4. The van der Waals surface area contributed by atoms with E-state index in [2.05, 4.69) is 41.8 Å². The summed E-state index contributed by atoms with van der Waals surface area (Å²) in [5.41, 5.74) is 3.95. The Morgan fingerprint density at radius 1 is 1.12 bits per heavy atom. The minimum Gasteiger partial charge on any atom is -0.481 e. The SMILES string of the molecule is CC(C)(Cc1cc2cc(-c3cc(C(C)(C)C)ccn3)[nH]c2cn1)C(=O)O. The third-order valence-corrected chi connectivity index (χ3v) is 4.67. The fourth-order valence-electron chi connectivity index (χ4n) is 2.88. The molecule has 0 fully saturated rings. The molecule has 2 N–H and O–H groups in total. The van der Waals surface area contributed by atoms with Gasteiger partial charge in [0.05, 0.1) is 28.5 Å². The molecule has 0 aliphatic heterocycles. The quantitative estimate of drug-likeness (QED) is 0.721. The smallest absolute Gasteiger partial charge is 0.309 e. The molecular formula is C21H25N3O2. The molecule has 26 heavy (non-hydrogen) atoms. The minimum atomic E-state index is -0.845. The molecule has 3 aromatic rings. The Morgan fingerprint density at radius 3 is 2.50 bits per heavy atom. The third-order valence-electron chi connectivity index (χ3n) is 4.67. The number of carboxylic acid groups (broad SMARTS) is 1. The lowest BCUT2D eigenvalue weighted by Gasteiger charge is -2.19. The number of aliphatic carboxylic acids is 1. The normalized spacial score (nSPS) is 12.5. The van der Waals surface area contributed by atoms with Crippen molar-refractivity contribution in [2.45, 2.75) is 46.5 Å². The number of carbonyl (C=O) groups is 1. The van der Waals surface area contributed by atoms with Gasteiger partial charge in [0.2, 0.25) is 0 Å². The van der Waals surface area contributed by atoms with Crippen LogP contribution < -0.4 is 0 Å². The van der Waals surface area contributed by atoms with E-state index >= 15 is 0 Å². The molecule has 136 valence electrons. The van der Waals surface area contributed by atoms with E-state index in [1.165, 1.54) is 5.56 Å². The number of aromatic amines is 1. The van der Waals surface area contributed by atoms with Crippen molar-refractivity contribution in [3.8, 4) is 11.4 Å². The van der Waals surface area contributed by atoms with Gasteiger partial charge in [-0.15, -0.1) is 0 Å². The molecule has 3 heterocycles. The summed E-state index contributed by atoms with van der Waals surface area (Å²) in [6, 6.07) is 8.14. The van der Waals surface area contributed by atoms with Crippen molar-refractivity contribution in [2.75, 3.05) is 0 Å². The van der Waals surface area contributed by atoms with Crippen molar-refractivity contribution in [1.29, 1.82) is 0 Å². The van der Waals surface area contributed by atoms with Crippen LogP contribution in [0.2, 0.25) is 0 Å². The number of hydrogen-bond donors (Lipinski definition) is 2. The lowest BCUT2D eigenvalue weighted by atomic mass is 9.87. The summed E-state index contributed by atoms with van der Waals surface area (Å²) in [6.07, 6.45) is 3.98. The molecule has 3 rings (SSSR count). The van der Waals surface area contributed by atoms with Crippen molar-refractivity contribution in [3.63, 3.8) is 0 Å². The van der Waals surface area contributed by atoms with E-state index in [9.17, 15) is 9.90 Å². The van der Waals surface area contributed by atoms with E-state index in [4.69, 9.17) is 0 Å². The summed E-state index contributed by atoms with van der Waals surface area (Å²) >= 11 is 0. The molecule has 3 aromatic heterocycles. The van der Waals surface area contributed by atoms with Crippen LogP contribution in [0.3, 0.4) is 0 Å². The number of hydrogen-bond acceptors (Lipinski definition) is 3. The topological polar surface area (TPSA) is 78.9 Å². The maximum Gasteiger partial charge on any atom is 0.309 e. The number of nitrogens with one attached hydrogen (secondary N) is 1. The number of carboxylic acids is 1. The largest absolute Gasteiger partial charge is 0.481 e. The molecule has 0 amide bonds. The van der Waals surface area contributed by atoms with Crippen molar-refractivity contribution in [3.05, 3.63) is 47.9 Å². The Morgan fingerprint density at radius 2 is 1.85 bits per heavy atom. The fourth-order valence-corrected chi connectivity index (χ4v) is 2.88. The van der Waals surface area contributed by atoms with Gasteiger partial charge in [0.25, 0.3) is 0 Å². The Labute approximate surface area is 153 Å². The van der Waals surface area contributed by atoms with Gasteiger partial charge in [-0.2, -0.15) is 0 Å². The summed E-state index contributed by atoms with van der Waals surface area (Å²) in [5, 5.41) is 10.3. The van der Waals surface area contributed by atoms with E-state index in [1.807, 2.05) is 24.4 Å². The summed E-state index contributed by atoms with van der Waals surface area (Å²) in [5.74, 6) is -0.822. The summed E-state index contributed by atoms with van der Waals surface area (Å²) in [7, 11) is 0. The van der Waals surface area contributed by atoms with Crippen LogP contribution in [0.1, 0.15) is 45.9 Å². The first-order valence-corrected chi connectivity index (χ1v) is 8.74. The van der Waals surface area contributed by atoms with Crippen molar-refractivity contribution in [1.82, 2.24) is 15.0 Å². The van der Waals surface area contributed by atoms with Gasteiger partial charge in [-0.3, -0.25) is 14.8 Å². The lowest BCUT2D eigenvalue weighted by Crippen LogP contribution is -2.26. The van der Waals surface area contributed by atoms with Crippen LogP contribution in [0.5, 0.6) is 0 Å². The van der Waals surface area contributed by atoms with Crippen LogP contribution in [0.4, 0.5) is 0 Å². The van der Waals surface area contributed by atoms with Crippen molar-refractivity contribution in [2.24, 2.45) is 5.41 Å². The van der Waals surface area contributed by atoms with Crippen LogP contribution >= 0.6 is 0 Å². The molecule has 0 atom stereocenters. The third kappa shape index (κ3) is 3.62. The molecule has 0 saturated carbocycles. The molecule has 0 aliphatic carbocycles. The molecule has 0 aliphatic rings. The van der Waals surface area contributed by atoms with Crippen LogP contribution in [-0.4, -0.2) is 26.0 Å². The average molecular weight is 351 g/mol. The zero-order valence-electron chi connectivity index (χ0n) is 15.9. The zero-order chi connectivity index (χ0) is 19.1. The molecule has 5 nitrogen and oxygen atoms in total. The van der Waals surface area contributed by atoms with Crippen molar-refractivity contribution >= 4 is 16.9 Å². The van der Waals surface area contributed by atoms with E-state index in [-0.39, 0.29) is 5.41 Å². The first-order valence-electron chi connectivity index (χ1n) is 8.74. The molecular weight excluding hydrogens is 326 g/mol. The Kier molecular flexibility index (Phi) is 4.34. The molecule has 0 bridgehead atoms. The first-order chi connectivity index (χ1) is 12.1. The summed E-state index contributed by atoms with van der Waals surface area (Å²) in [4.78, 5) is 23.6. The predicted molar refractivity (Wildman–Crippen MR) is 103 cm³/mol. The highest BCUT2D eigenvalue weighted by Gasteiger charge is 2.28. The number of fused-ring (bicyclic) bond motifs is 1. The number of H-pyrrole nitrogens is 1. The lowest BCUT2D eigenvalue weighted by molar-refractivity contribution is -0.146. The number of pyridine rings is 2. The Hall–Kier alpha value is -2.69. The van der Waals surface area contributed by atoms with E-state index < -0.39 is 11.4 Å². The average Bonchev–Trinajstić information content (AvgIpc) is 2.97. The molecule has 0 aromatic carbocycles. The van der Waals surface area contributed by atoms with Crippen molar-refractivity contribution < 1.29 is 9.90 Å². The monoisotopic (exact) mass is 351 g/mol. The van der Waals surface area contributed by atoms with Gasteiger partial charge in [0, 0.05) is 23.7 Å². The zero-order valence-corrected chi connectivity index (χ0v) is 15.9. The highest BCUT2D eigenvalue weighted by molar-refractivity contribution is 5.85. The minimum absolute atomic E-state index is 0.0564. The number of aromatic nitrogens is 3. The Bertz CT molecular complexity index is 965. The van der Waals surface area contributed by atoms with Crippen LogP contribution in [0.25, 0.3) is 22.3 Å². The summed E-state index contributed by atoms with van der Waals surface area (Å²) < 4.78 is 0. The van der Waals surface area contributed by atoms with Crippen LogP contribution in [0.15, 0.2) is 36.7 Å². The maximum absolute atomic E-state index is 11.3. The van der Waals surface area contributed by atoms with Gasteiger partial charge in [-0.05, 0) is 49.1 Å². The van der Waals surface area contributed by atoms with Gasteiger partial charge < -0.3 is 10.1 Å². The van der Waals surface area contributed by atoms with Crippen LogP contribution in [0, 0.1) is 5.41 Å². The standard InChI is InChI=1S/C21H25N3O2/c1-20(2,3)14-6-7-22-16(10-14)17-9-13-8-15(23-12-18(13)24-17)11-21(4,5)19(25)26/h6-10,12,24H,11H2,1-5H3,(H,25,26). The predicted octanol–water partition coefficient (Wildman–Crippen LogP) is 4.58. The fraction of sp³-hybridized carbons (Fsp3) is 0.381. The molecule has 0 saturated heterocycles.